The first kappa shape index (κ1) is 42.3. The Kier molecular flexibility index (Phi) is 10.8. The van der Waals surface area contributed by atoms with E-state index in [0.29, 0.717) is 22.8 Å². The predicted molar refractivity (Wildman–Crippen MR) is 285 cm³/mol. The summed E-state index contributed by atoms with van der Waals surface area (Å²) in [5.74, 6) is 1.18. The van der Waals surface area contributed by atoms with Crippen LogP contribution in [0.4, 0.5) is 0 Å². The van der Waals surface area contributed by atoms with Crippen LogP contribution in [0.15, 0.2) is 237 Å². The fraction of sp³-hybridized carbons (Fsp3) is 0. The van der Waals surface area contributed by atoms with Crippen molar-refractivity contribution in [2.75, 3.05) is 0 Å². The Morgan fingerprint density at radius 1 is 0.296 bits per heavy atom. The Bertz CT molecular complexity index is 3790. The summed E-state index contributed by atoms with van der Waals surface area (Å²) in [6.07, 6.45) is 0. The molecule has 71 heavy (non-hydrogen) atoms. The van der Waals surface area contributed by atoms with Gasteiger partial charge in [-0.15, -0.1) is 0 Å². The van der Waals surface area contributed by atoms with Crippen LogP contribution in [0.3, 0.4) is 0 Å². The van der Waals surface area contributed by atoms with Crippen molar-refractivity contribution in [3.8, 4) is 108 Å². The van der Waals surface area contributed by atoms with Gasteiger partial charge in [0.15, 0.2) is 11.6 Å². The molecule has 0 unspecified atom stereocenters. The largest absolute Gasteiger partial charge is 0.308 e. The van der Waals surface area contributed by atoms with Gasteiger partial charge in [-0.25, -0.2) is 19.9 Å². The van der Waals surface area contributed by atoms with Crippen LogP contribution in [0, 0.1) is 22.7 Å². The third-order valence-corrected chi connectivity index (χ3v) is 12.9. The average molecular weight is 906 g/mol. The van der Waals surface area contributed by atoms with E-state index in [1.165, 1.54) is 0 Å². The summed E-state index contributed by atoms with van der Waals surface area (Å²) in [7, 11) is 0. The minimum atomic E-state index is 0.557. The third kappa shape index (κ3) is 8.16. The minimum absolute atomic E-state index is 0.557. The van der Waals surface area contributed by atoms with E-state index in [1.807, 2.05) is 133 Å². The van der Waals surface area contributed by atoms with E-state index < -0.39 is 0 Å². The third-order valence-electron chi connectivity index (χ3n) is 12.9. The van der Waals surface area contributed by atoms with Gasteiger partial charge in [0.25, 0.3) is 0 Å². The lowest BCUT2D eigenvalue weighted by Gasteiger charge is -2.17. The van der Waals surface area contributed by atoms with Gasteiger partial charge in [-0.2, -0.15) is 10.5 Å². The summed E-state index contributed by atoms with van der Waals surface area (Å²) in [6.45, 7) is 0. The van der Waals surface area contributed by atoms with Gasteiger partial charge in [-0.3, -0.25) is 0 Å². The molecular weight excluding hydrogens is 867 g/mol. The molecule has 3 aromatic heterocycles. The van der Waals surface area contributed by atoms with Crippen LogP contribution >= 0.6 is 0 Å². The van der Waals surface area contributed by atoms with Gasteiger partial charge in [-0.1, -0.05) is 164 Å². The lowest BCUT2D eigenvalue weighted by Crippen LogP contribution is -2.03. The van der Waals surface area contributed by atoms with Crippen molar-refractivity contribution >= 4 is 21.8 Å². The van der Waals surface area contributed by atoms with Crippen molar-refractivity contribution in [1.29, 1.82) is 10.5 Å². The van der Waals surface area contributed by atoms with E-state index in [-0.39, 0.29) is 0 Å². The molecule has 0 saturated carbocycles. The van der Waals surface area contributed by atoms with Gasteiger partial charge in [0, 0.05) is 44.2 Å². The molecule has 7 heteroatoms. The second kappa shape index (κ2) is 18.2. The lowest BCUT2D eigenvalue weighted by atomic mass is 9.99. The monoisotopic (exact) mass is 905 g/mol. The number of nitriles is 2. The van der Waals surface area contributed by atoms with E-state index in [1.54, 1.807) is 0 Å². The van der Waals surface area contributed by atoms with Crippen molar-refractivity contribution in [2.24, 2.45) is 0 Å². The maximum absolute atomic E-state index is 9.59. The van der Waals surface area contributed by atoms with Crippen LogP contribution in [0.5, 0.6) is 0 Å². The Morgan fingerprint density at radius 2 is 0.662 bits per heavy atom. The standard InChI is InChI=1S/C64H39N7/c65-40-42-21-25-44(26-22-42)50-29-32-60-53(35-50)54-36-51(45-27-23-43(41-66)24-28-45)30-33-61(54)71(60)62-34-31-52(59-39-56(46-13-5-1-6-14-46)67-63(68-59)49-19-11-4-12-20-49)37-55(62)64-69-57(47-15-7-2-8-16-47)38-58(70-64)48-17-9-3-10-18-48/h1-39H. The van der Waals surface area contributed by atoms with Crippen LogP contribution in [-0.2, 0) is 0 Å². The van der Waals surface area contributed by atoms with Gasteiger partial charge in [0.05, 0.1) is 62.8 Å². The zero-order valence-corrected chi connectivity index (χ0v) is 38.1. The predicted octanol–water partition coefficient (Wildman–Crippen LogP) is 15.4. The molecule has 0 atom stereocenters. The van der Waals surface area contributed by atoms with Crippen LogP contribution < -0.4 is 0 Å². The van der Waals surface area contributed by atoms with Crippen molar-refractivity contribution in [3.05, 3.63) is 248 Å². The first-order valence-corrected chi connectivity index (χ1v) is 23.3. The molecule has 0 amide bonds. The highest BCUT2D eigenvalue weighted by molar-refractivity contribution is 6.12. The molecule has 0 aliphatic rings. The number of benzene rings is 9. The molecule has 0 N–H and O–H groups in total. The molecule has 0 radical (unpaired) electrons. The Morgan fingerprint density at radius 3 is 1.08 bits per heavy atom. The summed E-state index contributed by atoms with van der Waals surface area (Å²) in [4.78, 5) is 21.2. The highest BCUT2D eigenvalue weighted by Crippen LogP contribution is 2.42. The van der Waals surface area contributed by atoms with Crippen molar-refractivity contribution in [1.82, 2.24) is 24.5 Å². The van der Waals surface area contributed by atoms with Crippen LogP contribution in [-0.4, -0.2) is 24.5 Å². The van der Waals surface area contributed by atoms with Crippen molar-refractivity contribution in [2.45, 2.75) is 0 Å². The summed E-state index contributed by atoms with van der Waals surface area (Å²) < 4.78 is 2.32. The van der Waals surface area contributed by atoms with E-state index in [4.69, 9.17) is 19.9 Å². The quantitative estimate of drug-likeness (QED) is 0.143. The zero-order valence-electron chi connectivity index (χ0n) is 38.1. The SMILES string of the molecule is N#Cc1ccc(-c2ccc3c(c2)c2cc(-c4ccc(C#N)cc4)ccc2n3-c2ccc(-c3cc(-c4ccccc4)nc(-c4ccccc4)n3)cc2-c2nc(-c3ccccc3)cc(-c3ccccc3)n2)cc1. The summed E-state index contributed by atoms with van der Waals surface area (Å²) >= 11 is 0. The molecule has 3 heterocycles. The molecule has 0 bridgehead atoms. The topological polar surface area (TPSA) is 104 Å². The molecule has 0 aliphatic carbocycles. The molecule has 7 nitrogen and oxygen atoms in total. The zero-order chi connectivity index (χ0) is 47.7. The molecular formula is C64H39N7. The van der Waals surface area contributed by atoms with Crippen LogP contribution in [0.25, 0.3) is 118 Å². The Labute approximate surface area is 410 Å². The lowest BCUT2D eigenvalue weighted by molar-refractivity contribution is 1.13. The molecule has 0 aliphatic heterocycles. The Hall–Kier alpha value is -10.1. The maximum atomic E-state index is 9.59. The van der Waals surface area contributed by atoms with Gasteiger partial charge < -0.3 is 4.57 Å². The van der Waals surface area contributed by atoms with E-state index in [9.17, 15) is 10.5 Å². The number of nitrogens with zero attached hydrogens (tertiary/aromatic N) is 7. The number of aromatic nitrogens is 5. The Balaban J connectivity index is 1.14. The molecule has 12 rings (SSSR count). The van der Waals surface area contributed by atoms with Crippen molar-refractivity contribution in [3.63, 3.8) is 0 Å². The second-order valence-corrected chi connectivity index (χ2v) is 17.3. The first-order chi connectivity index (χ1) is 35.1. The fourth-order valence-electron chi connectivity index (χ4n) is 9.34. The van der Waals surface area contributed by atoms with Gasteiger partial charge >= 0.3 is 0 Å². The molecule has 0 spiro atoms. The number of fused-ring (bicyclic) bond motifs is 3. The van der Waals surface area contributed by atoms with Crippen LogP contribution in [0.1, 0.15) is 11.1 Å². The molecule has 330 valence electrons. The highest BCUT2D eigenvalue weighted by Gasteiger charge is 2.22. The van der Waals surface area contributed by atoms with Crippen LogP contribution in [0.2, 0.25) is 0 Å². The summed E-state index contributed by atoms with van der Waals surface area (Å²) in [5.41, 5.74) is 16.9. The van der Waals surface area contributed by atoms with E-state index >= 15 is 0 Å². The molecule has 12 aromatic rings. The van der Waals surface area contributed by atoms with Gasteiger partial charge in [0.2, 0.25) is 0 Å². The van der Waals surface area contributed by atoms with E-state index in [2.05, 4.69) is 120 Å². The second-order valence-electron chi connectivity index (χ2n) is 17.3. The van der Waals surface area contributed by atoms with Gasteiger partial charge in [0.1, 0.15) is 0 Å². The first-order valence-electron chi connectivity index (χ1n) is 23.3. The summed E-state index contributed by atoms with van der Waals surface area (Å²) in [6, 6.07) is 84.5. The number of hydrogen-bond donors (Lipinski definition) is 0. The van der Waals surface area contributed by atoms with Crippen molar-refractivity contribution < 1.29 is 0 Å². The van der Waals surface area contributed by atoms with E-state index in [0.717, 1.165) is 106 Å². The maximum Gasteiger partial charge on any atom is 0.162 e. The summed E-state index contributed by atoms with van der Waals surface area (Å²) in [5, 5.41) is 21.3. The van der Waals surface area contributed by atoms with Gasteiger partial charge in [-0.05, 0) is 95.1 Å². The fourth-order valence-corrected chi connectivity index (χ4v) is 9.34. The molecule has 0 fully saturated rings. The average Bonchev–Trinajstić information content (AvgIpc) is 3.78. The normalized spacial score (nSPS) is 11.1. The number of rotatable bonds is 9. The molecule has 9 aromatic carbocycles. The smallest absolute Gasteiger partial charge is 0.162 e. The highest BCUT2D eigenvalue weighted by atomic mass is 15.0. The molecule has 0 saturated heterocycles. The minimum Gasteiger partial charge on any atom is -0.308 e. The number of hydrogen-bond acceptors (Lipinski definition) is 6.